The molecule has 5 unspecified atom stereocenters. The number of aliphatic hydroxyl groups excluding tert-OH is 6. The van der Waals surface area contributed by atoms with Gasteiger partial charge in [-0.1, -0.05) is 0 Å². The predicted octanol–water partition coefficient (Wildman–Crippen LogP) is -1.92. The zero-order valence-electron chi connectivity index (χ0n) is 8.93. The molecule has 0 radical (unpaired) electrons. The van der Waals surface area contributed by atoms with E-state index in [4.69, 9.17) is 42.2 Å². The maximum absolute atomic E-state index is 9.12. The van der Waals surface area contributed by atoms with E-state index in [1.165, 1.54) is 6.08 Å². The number of aliphatic hydroxyl groups is 6. The summed E-state index contributed by atoms with van der Waals surface area (Å²) in [4.78, 5) is 0. The highest BCUT2D eigenvalue weighted by molar-refractivity contribution is 6.18. The van der Waals surface area contributed by atoms with Crippen LogP contribution in [0.1, 0.15) is 0 Å². The molecule has 1 saturated heterocycles. The number of allylic oxidation sites excluding steroid dienone is 1. The second kappa shape index (κ2) is 8.65. The van der Waals surface area contributed by atoms with E-state index in [0.29, 0.717) is 5.88 Å². The fraction of sp³-hybridized carbons (Fsp3) is 0.778. The zero-order valence-corrected chi connectivity index (χ0v) is 9.68. The van der Waals surface area contributed by atoms with Crippen LogP contribution in [0.4, 0.5) is 0 Å². The van der Waals surface area contributed by atoms with Crippen molar-refractivity contribution in [1.29, 1.82) is 0 Å². The molecule has 0 spiro atoms. The molecule has 1 fully saturated rings. The highest BCUT2D eigenvalue weighted by Gasteiger charge is 2.42. The Morgan fingerprint density at radius 3 is 2.00 bits per heavy atom. The van der Waals surface area contributed by atoms with Crippen molar-refractivity contribution in [3.63, 3.8) is 0 Å². The van der Waals surface area contributed by atoms with Crippen molar-refractivity contribution in [2.24, 2.45) is 0 Å². The van der Waals surface area contributed by atoms with Gasteiger partial charge in [-0.05, 0) is 6.08 Å². The minimum absolute atomic E-state index is 0.385. The monoisotopic (exact) mass is 272 g/mol. The molecule has 0 aromatic rings. The summed E-state index contributed by atoms with van der Waals surface area (Å²) in [6.45, 7) is -0.526. The smallest absolute Gasteiger partial charge is 0.184 e. The van der Waals surface area contributed by atoms with Crippen molar-refractivity contribution < 1.29 is 35.4 Å². The third-order valence-corrected chi connectivity index (χ3v) is 2.24. The van der Waals surface area contributed by atoms with Crippen molar-refractivity contribution in [3.05, 3.63) is 12.3 Å². The first-order valence-electron chi connectivity index (χ1n) is 4.83. The van der Waals surface area contributed by atoms with Gasteiger partial charge in [0.25, 0.3) is 0 Å². The molecule has 1 aliphatic rings. The van der Waals surface area contributed by atoms with E-state index in [0.717, 1.165) is 6.26 Å². The lowest BCUT2D eigenvalue weighted by molar-refractivity contribution is -0.286. The fourth-order valence-corrected chi connectivity index (χ4v) is 1.20. The lowest BCUT2D eigenvalue weighted by Crippen LogP contribution is -2.58. The van der Waals surface area contributed by atoms with Gasteiger partial charge in [-0.25, -0.2) is 0 Å². The molecule has 0 aliphatic carbocycles. The second-order valence-electron chi connectivity index (χ2n) is 3.26. The zero-order chi connectivity index (χ0) is 13.4. The molecule has 1 rings (SSSR count). The molecule has 7 nitrogen and oxygen atoms in total. The summed E-state index contributed by atoms with van der Waals surface area (Å²) in [7, 11) is 0. The Hall–Kier alpha value is -0.410. The predicted molar refractivity (Wildman–Crippen MR) is 58.5 cm³/mol. The van der Waals surface area contributed by atoms with Crippen LogP contribution in [0.3, 0.4) is 0 Å². The van der Waals surface area contributed by atoms with Gasteiger partial charge in [0, 0.05) is 5.88 Å². The molecular weight excluding hydrogens is 256 g/mol. The first-order valence-corrected chi connectivity index (χ1v) is 5.36. The number of rotatable bonds is 2. The molecule has 1 heterocycles. The molecule has 1 aliphatic heterocycles. The molecule has 17 heavy (non-hydrogen) atoms. The Morgan fingerprint density at radius 2 is 1.65 bits per heavy atom. The van der Waals surface area contributed by atoms with Gasteiger partial charge in [-0.15, -0.1) is 11.6 Å². The van der Waals surface area contributed by atoms with E-state index in [-0.39, 0.29) is 0 Å². The number of ether oxygens (including phenoxy) is 1. The van der Waals surface area contributed by atoms with E-state index in [1.54, 1.807) is 0 Å². The van der Waals surface area contributed by atoms with Crippen LogP contribution in [-0.2, 0) is 4.74 Å². The Morgan fingerprint density at radius 1 is 1.06 bits per heavy atom. The minimum atomic E-state index is -1.57. The SMILES string of the molecule is O/C=C/CCl.OCC1OC(O)C(O)C(O)C1O. The molecule has 0 bridgehead atoms. The Bertz CT molecular complexity index is 221. The van der Waals surface area contributed by atoms with Crippen molar-refractivity contribution in [2.45, 2.75) is 30.7 Å². The van der Waals surface area contributed by atoms with E-state index in [1.807, 2.05) is 0 Å². The van der Waals surface area contributed by atoms with Crippen molar-refractivity contribution in [2.75, 3.05) is 12.5 Å². The van der Waals surface area contributed by atoms with Crippen LogP contribution in [0.5, 0.6) is 0 Å². The summed E-state index contributed by atoms with van der Waals surface area (Å²) in [5, 5.41) is 52.5. The summed E-state index contributed by atoms with van der Waals surface area (Å²) in [5.41, 5.74) is 0. The first-order chi connectivity index (χ1) is 7.99. The maximum atomic E-state index is 9.12. The van der Waals surface area contributed by atoms with Gasteiger partial charge in [0.05, 0.1) is 12.9 Å². The normalized spacial score (nSPS) is 37.6. The van der Waals surface area contributed by atoms with Crippen LogP contribution >= 0.6 is 11.6 Å². The van der Waals surface area contributed by atoms with Crippen LogP contribution < -0.4 is 0 Å². The molecule has 0 amide bonds. The van der Waals surface area contributed by atoms with Gasteiger partial charge < -0.3 is 35.4 Å². The van der Waals surface area contributed by atoms with Crippen LogP contribution in [0.15, 0.2) is 12.3 Å². The third-order valence-electron chi connectivity index (χ3n) is 2.06. The number of hydrogen-bond donors (Lipinski definition) is 6. The molecule has 6 N–H and O–H groups in total. The molecule has 0 aromatic carbocycles. The van der Waals surface area contributed by atoms with Gasteiger partial charge in [-0.2, -0.15) is 0 Å². The average molecular weight is 273 g/mol. The standard InChI is InChI=1S/C6H12O6.C3H5ClO/c7-1-2-3(8)4(9)5(10)6(11)12-2;4-2-1-3-5/h2-11H,1H2;1,3,5H,2H2/b;3-1+. The van der Waals surface area contributed by atoms with Gasteiger partial charge in [0.15, 0.2) is 6.29 Å². The molecule has 102 valence electrons. The molecule has 0 aromatic heterocycles. The molecule has 8 heteroatoms. The van der Waals surface area contributed by atoms with E-state index < -0.39 is 37.3 Å². The van der Waals surface area contributed by atoms with E-state index >= 15 is 0 Å². The maximum Gasteiger partial charge on any atom is 0.184 e. The average Bonchev–Trinajstić information content (AvgIpc) is 2.33. The number of hydrogen-bond acceptors (Lipinski definition) is 7. The Labute approximate surface area is 103 Å². The lowest BCUT2D eigenvalue weighted by atomic mass is 10.00. The van der Waals surface area contributed by atoms with Gasteiger partial charge >= 0.3 is 0 Å². The lowest BCUT2D eigenvalue weighted by Gasteiger charge is -2.37. The Kier molecular flexibility index (Phi) is 8.44. The molecule has 5 atom stereocenters. The summed E-state index contributed by atoms with van der Waals surface area (Å²) in [5.74, 6) is 0.385. The Balaban J connectivity index is 0.000000437. The quantitative estimate of drug-likeness (QED) is 0.255. The highest BCUT2D eigenvalue weighted by Crippen LogP contribution is 2.18. The van der Waals surface area contributed by atoms with Crippen LogP contribution in [0, 0.1) is 0 Å². The van der Waals surface area contributed by atoms with Gasteiger partial charge in [0.1, 0.15) is 24.4 Å². The minimum Gasteiger partial charge on any atom is -0.516 e. The van der Waals surface area contributed by atoms with Gasteiger partial charge in [-0.3, -0.25) is 0 Å². The topological polar surface area (TPSA) is 131 Å². The third kappa shape index (κ3) is 5.17. The summed E-state index contributed by atoms with van der Waals surface area (Å²) in [6, 6.07) is 0. The van der Waals surface area contributed by atoms with Gasteiger partial charge in [0.2, 0.25) is 0 Å². The summed E-state index contributed by atoms with van der Waals surface area (Å²) < 4.78 is 4.58. The number of halogens is 1. The largest absolute Gasteiger partial charge is 0.516 e. The first kappa shape index (κ1) is 16.6. The molecule has 0 saturated carbocycles. The van der Waals surface area contributed by atoms with Crippen LogP contribution in [0.2, 0.25) is 0 Å². The summed E-state index contributed by atoms with van der Waals surface area (Å²) >= 11 is 5.05. The van der Waals surface area contributed by atoms with Crippen LogP contribution in [0.25, 0.3) is 0 Å². The van der Waals surface area contributed by atoms with Crippen molar-refractivity contribution in [1.82, 2.24) is 0 Å². The van der Waals surface area contributed by atoms with E-state index in [2.05, 4.69) is 4.74 Å². The summed E-state index contributed by atoms with van der Waals surface area (Å²) in [6.07, 6.45) is -4.67. The van der Waals surface area contributed by atoms with Crippen LogP contribution in [-0.4, -0.2) is 73.8 Å². The molecular formula is C9H17ClO7. The number of alkyl halides is 1. The van der Waals surface area contributed by atoms with Crippen molar-refractivity contribution >= 4 is 11.6 Å². The second-order valence-corrected chi connectivity index (χ2v) is 3.57. The fourth-order valence-electron chi connectivity index (χ4n) is 1.12. The highest BCUT2D eigenvalue weighted by atomic mass is 35.5. The van der Waals surface area contributed by atoms with E-state index in [9.17, 15) is 0 Å². The van der Waals surface area contributed by atoms with Crippen molar-refractivity contribution in [3.8, 4) is 0 Å².